The molecular weight excluding hydrogens is 312 g/mol. The number of fused-ring (bicyclic) bond motifs is 1. The van der Waals surface area contributed by atoms with Crippen LogP contribution in [0.1, 0.15) is 37.3 Å². The lowest BCUT2D eigenvalue weighted by Gasteiger charge is -2.23. The van der Waals surface area contributed by atoms with Crippen molar-refractivity contribution in [3.8, 4) is 0 Å². The van der Waals surface area contributed by atoms with Crippen molar-refractivity contribution < 1.29 is 13.2 Å². The van der Waals surface area contributed by atoms with Gasteiger partial charge in [0.25, 0.3) is 0 Å². The van der Waals surface area contributed by atoms with Crippen LogP contribution in [0.15, 0.2) is 18.2 Å². The molecule has 126 valence electrons. The molecule has 3 rings (SSSR count). The first-order valence-electron chi connectivity index (χ1n) is 8.33. The lowest BCUT2D eigenvalue weighted by Crippen LogP contribution is -2.43. The van der Waals surface area contributed by atoms with E-state index in [1.165, 1.54) is 24.0 Å². The minimum atomic E-state index is -2.97. The van der Waals surface area contributed by atoms with Crippen molar-refractivity contribution in [2.45, 2.75) is 51.1 Å². The molecule has 1 aliphatic carbocycles. The summed E-state index contributed by atoms with van der Waals surface area (Å²) in [7, 11) is -2.97. The first-order valence-corrected chi connectivity index (χ1v) is 10.1. The number of benzene rings is 1. The zero-order chi connectivity index (χ0) is 16.4. The van der Waals surface area contributed by atoms with Crippen LogP contribution in [0, 0.1) is 0 Å². The van der Waals surface area contributed by atoms with E-state index >= 15 is 0 Å². The Morgan fingerprint density at radius 2 is 2.04 bits per heavy atom. The van der Waals surface area contributed by atoms with Gasteiger partial charge in [-0.1, -0.05) is 12.1 Å². The minimum Gasteiger partial charge on any atom is -0.374 e. The van der Waals surface area contributed by atoms with Crippen molar-refractivity contribution in [2.24, 2.45) is 0 Å². The molecule has 1 saturated heterocycles. The molecule has 0 unspecified atom stereocenters. The first kappa shape index (κ1) is 16.3. The monoisotopic (exact) mass is 336 g/mol. The van der Waals surface area contributed by atoms with Crippen LogP contribution in [0.5, 0.6) is 0 Å². The number of carbonyl (C=O) groups excluding carboxylic acids is 1. The Labute approximate surface area is 137 Å². The maximum atomic E-state index is 12.3. The smallest absolute Gasteiger partial charge is 0.242 e. The molecule has 0 radical (unpaired) electrons. The van der Waals surface area contributed by atoms with Crippen molar-refractivity contribution in [1.29, 1.82) is 0 Å². The summed E-state index contributed by atoms with van der Waals surface area (Å²) in [4.78, 5) is 12.3. The third-order valence-corrected chi connectivity index (χ3v) is 6.51. The third kappa shape index (κ3) is 3.86. The summed E-state index contributed by atoms with van der Waals surface area (Å²) in [6.45, 7) is 1.82. The number of rotatable bonds is 4. The highest BCUT2D eigenvalue weighted by molar-refractivity contribution is 7.91. The molecule has 0 spiro atoms. The van der Waals surface area contributed by atoms with Crippen LogP contribution in [0.3, 0.4) is 0 Å². The molecule has 2 N–H and O–H groups in total. The van der Waals surface area contributed by atoms with Crippen molar-refractivity contribution in [2.75, 3.05) is 16.8 Å². The second kappa shape index (κ2) is 6.51. The van der Waals surface area contributed by atoms with Gasteiger partial charge in [0.1, 0.15) is 6.04 Å². The van der Waals surface area contributed by atoms with Gasteiger partial charge < -0.3 is 10.6 Å². The van der Waals surface area contributed by atoms with Crippen molar-refractivity contribution in [3.05, 3.63) is 29.3 Å². The number of aryl methyl sites for hydroxylation is 1. The van der Waals surface area contributed by atoms with Crippen LogP contribution >= 0.6 is 0 Å². The second-order valence-corrected chi connectivity index (χ2v) is 8.85. The number of anilines is 1. The van der Waals surface area contributed by atoms with Gasteiger partial charge in [0.05, 0.1) is 11.5 Å². The van der Waals surface area contributed by atoms with Crippen LogP contribution in [-0.4, -0.2) is 37.9 Å². The van der Waals surface area contributed by atoms with Gasteiger partial charge in [0.15, 0.2) is 9.84 Å². The molecule has 0 bridgehead atoms. The van der Waals surface area contributed by atoms with Crippen LogP contribution in [0.4, 0.5) is 5.69 Å². The molecule has 1 amide bonds. The molecule has 5 nitrogen and oxygen atoms in total. The predicted octanol–water partition coefficient (Wildman–Crippen LogP) is 1.67. The molecule has 6 heteroatoms. The molecule has 0 saturated carbocycles. The van der Waals surface area contributed by atoms with E-state index in [2.05, 4.69) is 16.7 Å². The number of hydrogen-bond acceptors (Lipinski definition) is 4. The van der Waals surface area contributed by atoms with E-state index < -0.39 is 9.84 Å². The highest BCUT2D eigenvalue weighted by atomic mass is 32.2. The van der Waals surface area contributed by atoms with Crippen LogP contribution in [0.2, 0.25) is 0 Å². The average molecular weight is 336 g/mol. The zero-order valence-corrected chi connectivity index (χ0v) is 14.3. The summed E-state index contributed by atoms with van der Waals surface area (Å²) in [6, 6.07) is 5.58. The molecule has 23 heavy (non-hydrogen) atoms. The molecule has 1 aliphatic heterocycles. The molecule has 1 aromatic carbocycles. The first-order chi connectivity index (χ1) is 10.9. The number of nitrogens with one attached hydrogen (secondary N) is 2. The quantitative estimate of drug-likeness (QED) is 0.877. The molecule has 1 aromatic rings. The van der Waals surface area contributed by atoms with Crippen molar-refractivity contribution >= 4 is 21.4 Å². The number of sulfone groups is 1. The van der Waals surface area contributed by atoms with Crippen LogP contribution in [-0.2, 0) is 27.5 Å². The number of amides is 1. The van der Waals surface area contributed by atoms with Crippen molar-refractivity contribution in [3.63, 3.8) is 0 Å². The molecular formula is C17H24N2O3S. The van der Waals surface area contributed by atoms with Crippen LogP contribution in [0.25, 0.3) is 0 Å². The molecule has 1 heterocycles. The Morgan fingerprint density at radius 3 is 2.78 bits per heavy atom. The highest BCUT2D eigenvalue weighted by Gasteiger charge is 2.30. The standard InChI is InChI=1S/C17H24N2O3S/c1-12(17(20)19-14-9-10-23(21,22)11-14)18-16-8-4-6-13-5-2-3-7-15(13)16/h4,6,8,12,14,18H,2-3,5,7,9-11H2,1H3,(H,19,20)/t12-,14+/m0/s1. The SMILES string of the molecule is C[C@H](Nc1cccc2c1CCCC2)C(=O)N[C@@H]1CCS(=O)(=O)C1. The van der Waals surface area contributed by atoms with Gasteiger partial charge in [0, 0.05) is 11.7 Å². The number of hydrogen-bond donors (Lipinski definition) is 2. The molecule has 1 fully saturated rings. The topological polar surface area (TPSA) is 75.3 Å². The molecule has 0 aromatic heterocycles. The van der Waals surface area contributed by atoms with E-state index in [1.54, 1.807) is 0 Å². The van der Waals surface area contributed by atoms with E-state index in [9.17, 15) is 13.2 Å². The van der Waals surface area contributed by atoms with Gasteiger partial charge in [-0.25, -0.2) is 8.42 Å². The summed E-state index contributed by atoms with van der Waals surface area (Å²) in [6.07, 6.45) is 5.08. The Kier molecular flexibility index (Phi) is 4.62. The minimum absolute atomic E-state index is 0.0617. The van der Waals surface area contributed by atoms with Gasteiger partial charge in [-0.05, 0) is 56.2 Å². The van der Waals surface area contributed by atoms with E-state index in [1.807, 2.05) is 19.1 Å². The van der Waals surface area contributed by atoms with Gasteiger partial charge in [-0.3, -0.25) is 4.79 Å². The summed E-state index contributed by atoms with van der Waals surface area (Å²) >= 11 is 0. The normalized spacial score (nSPS) is 23.8. The van der Waals surface area contributed by atoms with Crippen LogP contribution < -0.4 is 10.6 Å². The van der Waals surface area contributed by atoms with Gasteiger partial charge in [-0.2, -0.15) is 0 Å². The van der Waals surface area contributed by atoms with Gasteiger partial charge in [-0.15, -0.1) is 0 Å². The maximum absolute atomic E-state index is 12.3. The zero-order valence-electron chi connectivity index (χ0n) is 13.5. The Hall–Kier alpha value is -1.56. The molecule has 2 aliphatic rings. The lowest BCUT2D eigenvalue weighted by atomic mass is 9.90. The average Bonchev–Trinajstić information content (AvgIpc) is 2.86. The largest absolute Gasteiger partial charge is 0.374 e. The summed E-state index contributed by atoms with van der Waals surface area (Å²) in [5.41, 5.74) is 3.72. The number of carbonyl (C=O) groups is 1. The predicted molar refractivity (Wildman–Crippen MR) is 91.4 cm³/mol. The van der Waals surface area contributed by atoms with E-state index in [0.717, 1.165) is 18.5 Å². The van der Waals surface area contributed by atoms with Crippen molar-refractivity contribution in [1.82, 2.24) is 5.32 Å². The van der Waals surface area contributed by atoms with E-state index in [4.69, 9.17) is 0 Å². The highest BCUT2D eigenvalue weighted by Crippen LogP contribution is 2.28. The van der Waals surface area contributed by atoms with Gasteiger partial charge in [0.2, 0.25) is 5.91 Å². The maximum Gasteiger partial charge on any atom is 0.242 e. The summed E-state index contributed by atoms with van der Waals surface area (Å²) in [5.74, 6) is 0.0959. The van der Waals surface area contributed by atoms with E-state index in [0.29, 0.717) is 6.42 Å². The fourth-order valence-electron chi connectivity index (χ4n) is 3.45. The van der Waals surface area contributed by atoms with E-state index in [-0.39, 0.29) is 29.5 Å². The summed E-state index contributed by atoms with van der Waals surface area (Å²) < 4.78 is 23.0. The second-order valence-electron chi connectivity index (χ2n) is 6.62. The molecule has 2 atom stereocenters. The van der Waals surface area contributed by atoms with Gasteiger partial charge >= 0.3 is 0 Å². The third-order valence-electron chi connectivity index (χ3n) is 4.74. The lowest BCUT2D eigenvalue weighted by molar-refractivity contribution is -0.122. The Morgan fingerprint density at radius 1 is 1.26 bits per heavy atom. The fourth-order valence-corrected chi connectivity index (χ4v) is 5.12. The summed E-state index contributed by atoms with van der Waals surface area (Å²) in [5, 5.41) is 6.16. The fraction of sp³-hybridized carbons (Fsp3) is 0.588. The Bertz CT molecular complexity index is 700. The Balaban J connectivity index is 1.63.